The van der Waals surface area contributed by atoms with Gasteiger partial charge in [0, 0.05) is 6.42 Å². The van der Waals surface area contributed by atoms with Crippen molar-refractivity contribution in [2.24, 2.45) is 0 Å². The Bertz CT molecular complexity index is 1980. The normalized spacial score (nSPS) is 23.7. The predicted octanol–water partition coefficient (Wildman–Crippen LogP) is 14.9. The Balaban J connectivity index is 1.68. The molecule has 2 heterocycles. The number of ether oxygens (including phenoxy) is 4. The number of hydrogen-bond acceptors (Lipinski definition) is 13. The number of hydrogen-bond donors (Lipinski definition) is 9. The molecule has 1 amide bonds. The molecule has 0 saturated carbocycles. The van der Waals surface area contributed by atoms with Crippen LogP contribution in [0.5, 0.6) is 0 Å². The number of nitrogens with one attached hydrogen (secondary N) is 1. The zero-order valence-corrected chi connectivity index (χ0v) is 56.1. The zero-order valence-electron chi connectivity index (χ0n) is 56.1. The van der Waals surface area contributed by atoms with Gasteiger partial charge in [-0.05, 0) is 96.3 Å². The Morgan fingerprint density at radius 1 is 0.411 bits per heavy atom. The molecule has 12 atom stereocenters. The molecule has 90 heavy (non-hydrogen) atoms. The van der Waals surface area contributed by atoms with Crippen molar-refractivity contribution in [2.75, 3.05) is 19.8 Å². The lowest BCUT2D eigenvalue weighted by Gasteiger charge is -2.46. The van der Waals surface area contributed by atoms with Crippen molar-refractivity contribution < 1.29 is 64.6 Å². The second-order valence-corrected chi connectivity index (χ2v) is 24.6. The van der Waals surface area contributed by atoms with Crippen molar-refractivity contribution in [3.63, 3.8) is 0 Å². The molecule has 0 bridgehead atoms. The number of unbranched alkanes of at least 4 members (excludes halogenated alkanes) is 26. The smallest absolute Gasteiger partial charge is 0.220 e. The minimum Gasteiger partial charge on any atom is -0.394 e. The molecule has 0 aromatic rings. The molecule has 14 heteroatoms. The van der Waals surface area contributed by atoms with Crippen molar-refractivity contribution in [1.82, 2.24) is 5.32 Å². The summed E-state index contributed by atoms with van der Waals surface area (Å²) in [5.41, 5.74) is 0. The molecule has 2 aliphatic heterocycles. The first-order valence-corrected chi connectivity index (χ1v) is 35.8. The van der Waals surface area contributed by atoms with Gasteiger partial charge in [-0.1, -0.05) is 277 Å². The second-order valence-electron chi connectivity index (χ2n) is 24.6. The summed E-state index contributed by atoms with van der Waals surface area (Å²) < 4.78 is 22.8. The van der Waals surface area contributed by atoms with Gasteiger partial charge in [0.15, 0.2) is 12.6 Å². The van der Waals surface area contributed by atoms with Crippen molar-refractivity contribution in [3.05, 3.63) is 122 Å². The van der Waals surface area contributed by atoms with Crippen LogP contribution in [0.15, 0.2) is 122 Å². The van der Waals surface area contributed by atoms with Gasteiger partial charge in [0.1, 0.15) is 48.8 Å². The van der Waals surface area contributed by atoms with Gasteiger partial charge in [0.2, 0.25) is 5.91 Å². The van der Waals surface area contributed by atoms with Crippen LogP contribution in [0.25, 0.3) is 0 Å². The zero-order chi connectivity index (χ0) is 65.2. The number of aliphatic hydroxyl groups is 8. The van der Waals surface area contributed by atoms with Crippen molar-refractivity contribution in [2.45, 2.75) is 331 Å². The minimum absolute atomic E-state index is 0.257. The Kier molecular flexibility index (Phi) is 54.2. The average molecular weight is 1260 g/mol. The van der Waals surface area contributed by atoms with E-state index >= 15 is 0 Å². The lowest BCUT2D eigenvalue weighted by atomic mass is 9.97. The van der Waals surface area contributed by atoms with E-state index in [-0.39, 0.29) is 18.9 Å². The fourth-order valence-corrected chi connectivity index (χ4v) is 11.0. The highest BCUT2D eigenvalue weighted by Gasteiger charge is 2.51. The monoisotopic (exact) mass is 1260 g/mol. The molecule has 14 nitrogen and oxygen atoms in total. The molecular formula is C76H129NO13. The van der Waals surface area contributed by atoms with Crippen LogP contribution in [0.3, 0.4) is 0 Å². The first-order valence-electron chi connectivity index (χ1n) is 35.8. The van der Waals surface area contributed by atoms with Gasteiger partial charge < -0.3 is 65.1 Å². The maximum absolute atomic E-state index is 13.3. The Morgan fingerprint density at radius 3 is 1.22 bits per heavy atom. The predicted molar refractivity (Wildman–Crippen MR) is 368 cm³/mol. The molecule has 516 valence electrons. The third-order valence-electron chi connectivity index (χ3n) is 16.6. The number of rotatable bonds is 57. The first kappa shape index (κ1) is 82.5. The fourth-order valence-electron chi connectivity index (χ4n) is 11.0. The molecule has 2 aliphatic rings. The maximum Gasteiger partial charge on any atom is 0.220 e. The van der Waals surface area contributed by atoms with Crippen molar-refractivity contribution in [1.29, 1.82) is 0 Å². The van der Waals surface area contributed by atoms with Gasteiger partial charge in [-0.15, -0.1) is 0 Å². The molecule has 0 radical (unpaired) electrons. The van der Waals surface area contributed by atoms with E-state index in [0.29, 0.717) is 12.8 Å². The van der Waals surface area contributed by atoms with E-state index in [1.54, 1.807) is 6.08 Å². The van der Waals surface area contributed by atoms with Gasteiger partial charge in [0.05, 0.1) is 32.0 Å². The van der Waals surface area contributed by atoms with Crippen molar-refractivity contribution in [3.8, 4) is 0 Å². The number of carbonyl (C=O) groups is 1. The Morgan fingerprint density at radius 2 is 0.778 bits per heavy atom. The molecular weight excluding hydrogens is 1130 g/mol. The Hall–Kier alpha value is -3.61. The maximum atomic E-state index is 13.3. The van der Waals surface area contributed by atoms with Crippen LogP contribution in [0.4, 0.5) is 0 Å². The van der Waals surface area contributed by atoms with Crippen LogP contribution in [-0.4, -0.2) is 140 Å². The lowest BCUT2D eigenvalue weighted by molar-refractivity contribution is -0.359. The lowest BCUT2D eigenvalue weighted by Crippen LogP contribution is -2.65. The second kappa shape index (κ2) is 59.2. The molecule has 0 aliphatic carbocycles. The largest absolute Gasteiger partial charge is 0.394 e. The van der Waals surface area contributed by atoms with Crippen LogP contribution >= 0.6 is 0 Å². The van der Waals surface area contributed by atoms with Crippen molar-refractivity contribution >= 4 is 5.91 Å². The highest BCUT2D eigenvalue weighted by molar-refractivity contribution is 5.76. The minimum atomic E-state index is -1.80. The molecule has 0 spiro atoms. The molecule has 0 aromatic heterocycles. The van der Waals surface area contributed by atoms with Crippen LogP contribution < -0.4 is 5.32 Å². The summed E-state index contributed by atoms with van der Waals surface area (Å²) in [7, 11) is 0. The summed E-state index contributed by atoms with van der Waals surface area (Å²) in [4.78, 5) is 13.3. The standard InChI is InChI=1S/C76H129NO13/c1-3-5-7-9-11-13-15-17-19-21-23-25-26-27-28-29-30-31-32-33-34-35-36-37-38-40-42-44-46-48-50-52-54-56-58-60-68(81)77-64(65(80)59-57-55-53-51-49-47-45-43-41-39-24-22-20-18-16-14-12-10-8-6-4-2)63-87-75-73(86)71(84)74(67(62-79)89-75)90-76-72(85)70(83)69(82)66(61-78)88-76/h5,7,11,13,17,19,23,25,27-28,30-31,33-34,36-37,49,51,57,59,64-67,69-76,78-80,82-86H,3-4,6,8-10,12,14-16,18,20-22,24,26,29,32,35,38-48,50,52-56,58,60-63H2,1-2H3,(H,77,81)/b7-5-,13-11-,19-17-,25-23-,28-27-,31-30-,34-33-,37-36-,51-49+,59-57+. The van der Waals surface area contributed by atoms with Gasteiger partial charge in [-0.2, -0.15) is 0 Å². The highest BCUT2D eigenvalue weighted by Crippen LogP contribution is 2.30. The van der Waals surface area contributed by atoms with E-state index in [9.17, 15) is 45.6 Å². The molecule has 2 fully saturated rings. The number of carbonyl (C=O) groups excluding carboxylic acids is 1. The summed E-state index contributed by atoms with van der Waals surface area (Å²) in [5.74, 6) is -0.257. The third-order valence-corrected chi connectivity index (χ3v) is 16.6. The van der Waals surface area contributed by atoms with Gasteiger partial charge >= 0.3 is 0 Å². The summed E-state index contributed by atoms with van der Waals surface area (Å²) in [6.07, 6.45) is 69.6. The number of aliphatic hydroxyl groups excluding tert-OH is 8. The topological polar surface area (TPSA) is 228 Å². The SMILES string of the molecule is CC/C=C\C/C=C\C/C=C\C/C=C\C/C=C\C/C=C\C/C=C\C/C=C\CCCCCCCCCCCCC(=O)NC(COC1OC(CO)C(OC2OC(CO)C(O)C(O)C2O)C(O)C1O)C(O)/C=C/CC/C=C/CCCCCCCCCCCCCCCCC. The van der Waals surface area contributed by atoms with E-state index in [1.165, 1.54) is 135 Å². The molecule has 2 rings (SSSR count). The summed E-state index contributed by atoms with van der Waals surface area (Å²) in [5, 5.41) is 87.4. The van der Waals surface area contributed by atoms with Gasteiger partial charge in [-0.3, -0.25) is 4.79 Å². The van der Waals surface area contributed by atoms with E-state index in [4.69, 9.17) is 18.9 Å². The fraction of sp³-hybridized carbons (Fsp3) is 0.724. The molecule has 9 N–H and O–H groups in total. The van der Waals surface area contributed by atoms with Crippen LogP contribution in [0, 0.1) is 0 Å². The van der Waals surface area contributed by atoms with Crippen LogP contribution in [0.1, 0.15) is 258 Å². The van der Waals surface area contributed by atoms with Crippen LogP contribution in [0.2, 0.25) is 0 Å². The number of amides is 1. The number of allylic oxidation sites excluding steroid dienone is 19. The van der Waals surface area contributed by atoms with E-state index in [0.717, 1.165) is 89.9 Å². The summed E-state index contributed by atoms with van der Waals surface area (Å²) in [6, 6.07) is -0.943. The molecule has 12 unspecified atom stereocenters. The quantitative estimate of drug-likeness (QED) is 0.0204. The van der Waals surface area contributed by atoms with E-state index in [1.807, 2.05) is 6.08 Å². The van der Waals surface area contributed by atoms with Gasteiger partial charge in [0.25, 0.3) is 0 Å². The summed E-state index contributed by atoms with van der Waals surface area (Å²) in [6.45, 7) is 2.67. The third kappa shape index (κ3) is 42.6. The summed E-state index contributed by atoms with van der Waals surface area (Å²) >= 11 is 0. The molecule has 2 saturated heterocycles. The first-order chi connectivity index (χ1) is 44.1. The van der Waals surface area contributed by atoms with E-state index in [2.05, 4.69) is 129 Å². The van der Waals surface area contributed by atoms with Crippen LogP contribution in [-0.2, 0) is 23.7 Å². The van der Waals surface area contributed by atoms with Gasteiger partial charge in [-0.25, -0.2) is 0 Å². The Labute approximate surface area is 546 Å². The highest BCUT2D eigenvalue weighted by atomic mass is 16.7. The average Bonchev–Trinajstić information content (AvgIpc) is 1.28. The van der Waals surface area contributed by atoms with E-state index < -0.39 is 86.8 Å². The molecule has 0 aromatic carbocycles.